The van der Waals surface area contributed by atoms with Crippen molar-refractivity contribution in [1.82, 2.24) is 9.97 Å². The van der Waals surface area contributed by atoms with Gasteiger partial charge in [0.1, 0.15) is 5.82 Å². The van der Waals surface area contributed by atoms with Crippen molar-refractivity contribution in [2.45, 2.75) is 52.9 Å². The van der Waals surface area contributed by atoms with Crippen molar-refractivity contribution in [1.29, 1.82) is 0 Å². The van der Waals surface area contributed by atoms with Gasteiger partial charge in [-0.1, -0.05) is 27.2 Å². The first-order chi connectivity index (χ1) is 6.65. The van der Waals surface area contributed by atoms with Gasteiger partial charge in [-0.2, -0.15) is 0 Å². The Morgan fingerprint density at radius 2 is 2.07 bits per heavy atom. The maximum Gasteiger partial charge on any atom is 0.125 e. The summed E-state index contributed by atoms with van der Waals surface area (Å²) in [5.74, 6) is 1.39. The van der Waals surface area contributed by atoms with E-state index in [-0.39, 0.29) is 0 Å². The third-order valence-electron chi connectivity index (χ3n) is 2.37. The van der Waals surface area contributed by atoms with E-state index in [0.29, 0.717) is 5.92 Å². The Balaban J connectivity index is 2.90. The highest BCUT2D eigenvalue weighted by molar-refractivity contribution is 5.20. The Labute approximate surface area is 86.8 Å². The van der Waals surface area contributed by atoms with E-state index in [1.165, 1.54) is 24.1 Å². The molecule has 0 atom stereocenters. The molecular weight excluding hydrogens is 172 g/mol. The molecule has 0 aliphatic carbocycles. The van der Waals surface area contributed by atoms with Crippen LogP contribution in [0.15, 0.2) is 6.20 Å². The van der Waals surface area contributed by atoms with Gasteiger partial charge in [-0.15, -0.1) is 0 Å². The predicted octanol–water partition coefficient (Wildman–Crippen LogP) is 3.25. The van der Waals surface area contributed by atoms with E-state index >= 15 is 0 Å². The fourth-order valence-corrected chi connectivity index (χ4v) is 1.57. The molecule has 0 saturated heterocycles. The van der Waals surface area contributed by atoms with Gasteiger partial charge in [-0.3, -0.25) is 0 Å². The minimum Gasteiger partial charge on any atom is -0.241 e. The first-order valence-corrected chi connectivity index (χ1v) is 5.47. The lowest BCUT2D eigenvalue weighted by Crippen LogP contribution is -2.03. The lowest BCUT2D eigenvalue weighted by atomic mass is 10.0. The van der Waals surface area contributed by atoms with Gasteiger partial charge >= 0.3 is 0 Å². The number of hydrogen-bond donors (Lipinski definition) is 0. The fourth-order valence-electron chi connectivity index (χ4n) is 1.57. The highest BCUT2D eigenvalue weighted by Gasteiger charge is 2.08. The lowest BCUT2D eigenvalue weighted by Gasteiger charge is -2.11. The Kier molecular flexibility index (Phi) is 4.05. The van der Waals surface area contributed by atoms with E-state index in [1.54, 1.807) is 0 Å². The second-order valence-corrected chi connectivity index (χ2v) is 4.09. The molecule has 0 aliphatic rings. The molecule has 1 aromatic rings. The zero-order chi connectivity index (χ0) is 10.6. The second-order valence-electron chi connectivity index (χ2n) is 4.09. The molecule has 0 bridgehead atoms. The molecule has 0 fully saturated rings. The van der Waals surface area contributed by atoms with Crippen LogP contribution in [-0.2, 0) is 6.42 Å². The van der Waals surface area contributed by atoms with Crippen molar-refractivity contribution in [3.8, 4) is 0 Å². The first-order valence-electron chi connectivity index (χ1n) is 5.47. The summed E-state index contributed by atoms with van der Waals surface area (Å²) in [5, 5.41) is 0. The Bertz CT molecular complexity index is 292. The van der Waals surface area contributed by atoms with Gasteiger partial charge in [0.2, 0.25) is 0 Å². The van der Waals surface area contributed by atoms with Crippen LogP contribution in [0.3, 0.4) is 0 Å². The van der Waals surface area contributed by atoms with Crippen molar-refractivity contribution >= 4 is 0 Å². The van der Waals surface area contributed by atoms with Crippen LogP contribution >= 0.6 is 0 Å². The van der Waals surface area contributed by atoms with Crippen LogP contribution in [-0.4, -0.2) is 9.97 Å². The molecule has 1 aromatic heterocycles. The summed E-state index contributed by atoms with van der Waals surface area (Å²) >= 11 is 0. The van der Waals surface area contributed by atoms with Gasteiger partial charge in [0.05, 0.1) is 0 Å². The van der Waals surface area contributed by atoms with E-state index in [9.17, 15) is 0 Å². The van der Waals surface area contributed by atoms with Crippen LogP contribution < -0.4 is 0 Å². The van der Waals surface area contributed by atoms with Crippen molar-refractivity contribution in [2.24, 2.45) is 0 Å². The summed E-state index contributed by atoms with van der Waals surface area (Å²) < 4.78 is 0. The molecular formula is C12H20N2. The number of rotatable bonds is 4. The summed E-state index contributed by atoms with van der Waals surface area (Å²) in [6.45, 7) is 8.55. The molecule has 0 N–H and O–H groups in total. The maximum absolute atomic E-state index is 4.51. The van der Waals surface area contributed by atoms with Crippen molar-refractivity contribution in [3.05, 3.63) is 23.3 Å². The fraction of sp³-hybridized carbons (Fsp3) is 0.667. The zero-order valence-electron chi connectivity index (χ0n) is 9.67. The topological polar surface area (TPSA) is 25.8 Å². The van der Waals surface area contributed by atoms with Crippen LogP contribution in [0.1, 0.15) is 56.6 Å². The highest BCUT2D eigenvalue weighted by atomic mass is 14.9. The van der Waals surface area contributed by atoms with Gasteiger partial charge in [-0.25, -0.2) is 9.97 Å². The normalized spacial score (nSPS) is 10.9. The highest BCUT2D eigenvalue weighted by Crippen LogP contribution is 2.18. The van der Waals surface area contributed by atoms with Crippen molar-refractivity contribution in [3.63, 3.8) is 0 Å². The second kappa shape index (κ2) is 5.08. The monoisotopic (exact) mass is 192 g/mol. The van der Waals surface area contributed by atoms with E-state index < -0.39 is 0 Å². The molecule has 0 saturated carbocycles. The molecule has 0 aliphatic heterocycles. The molecule has 0 amide bonds. The molecule has 1 heterocycles. The van der Waals surface area contributed by atoms with Crippen LogP contribution in [0.25, 0.3) is 0 Å². The number of hydrogen-bond acceptors (Lipinski definition) is 2. The smallest absolute Gasteiger partial charge is 0.125 e. The standard InChI is InChI=1S/C12H20N2/c1-5-6-7-11-8-13-10(4)14-12(11)9(2)3/h8-9H,5-7H2,1-4H3. The molecule has 1 rings (SSSR count). The van der Waals surface area contributed by atoms with Crippen molar-refractivity contribution in [2.75, 3.05) is 0 Å². The number of aromatic nitrogens is 2. The van der Waals surface area contributed by atoms with E-state index in [2.05, 4.69) is 30.7 Å². The quantitative estimate of drug-likeness (QED) is 0.731. The predicted molar refractivity (Wildman–Crippen MR) is 59.5 cm³/mol. The van der Waals surface area contributed by atoms with Gasteiger partial charge < -0.3 is 0 Å². The Hall–Kier alpha value is -0.920. The lowest BCUT2D eigenvalue weighted by molar-refractivity contribution is 0.732. The van der Waals surface area contributed by atoms with Crippen molar-refractivity contribution < 1.29 is 0 Å². The summed E-state index contributed by atoms with van der Waals surface area (Å²) in [6, 6.07) is 0. The minimum atomic E-state index is 0.503. The van der Waals surface area contributed by atoms with Gasteiger partial charge in [0, 0.05) is 11.9 Å². The minimum absolute atomic E-state index is 0.503. The third kappa shape index (κ3) is 2.79. The number of aryl methyl sites for hydroxylation is 2. The largest absolute Gasteiger partial charge is 0.241 e. The van der Waals surface area contributed by atoms with Crippen LogP contribution in [0.5, 0.6) is 0 Å². The SMILES string of the molecule is CCCCc1cnc(C)nc1C(C)C. The molecule has 2 heteroatoms. The maximum atomic E-state index is 4.51. The summed E-state index contributed by atoms with van der Waals surface area (Å²) in [4.78, 5) is 8.78. The molecule has 0 spiro atoms. The van der Waals surface area contributed by atoms with Gasteiger partial charge in [0.15, 0.2) is 0 Å². The van der Waals surface area contributed by atoms with Gasteiger partial charge in [-0.05, 0) is 31.2 Å². The Morgan fingerprint density at radius 1 is 1.36 bits per heavy atom. The van der Waals surface area contributed by atoms with E-state index in [0.717, 1.165) is 12.2 Å². The average molecular weight is 192 g/mol. The number of nitrogens with zero attached hydrogens (tertiary/aromatic N) is 2. The third-order valence-corrected chi connectivity index (χ3v) is 2.37. The van der Waals surface area contributed by atoms with Crippen LogP contribution in [0, 0.1) is 6.92 Å². The summed E-state index contributed by atoms with van der Waals surface area (Å²) in [7, 11) is 0. The molecule has 0 radical (unpaired) electrons. The summed E-state index contributed by atoms with van der Waals surface area (Å²) in [6.07, 6.45) is 5.56. The molecule has 14 heavy (non-hydrogen) atoms. The van der Waals surface area contributed by atoms with E-state index in [4.69, 9.17) is 0 Å². The summed E-state index contributed by atoms with van der Waals surface area (Å²) in [5.41, 5.74) is 2.55. The first kappa shape index (κ1) is 11.2. The molecule has 2 nitrogen and oxygen atoms in total. The Morgan fingerprint density at radius 3 is 2.64 bits per heavy atom. The van der Waals surface area contributed by atoms with Crippen LogP contribution in [0.2, 0.25) is 0 Å². The van der Waals surface area contributed by atoms with Crippen LogP contribution in [0.4, 0.5) is 0 Å². The van der Waals surface area contributed by atoms with Gasteiger partial charge in [0.25, 0.3) is 0 Å². The molecule has 0 unspecified atom stereocenters. The van der Waals surface area contributed by atoms with E-state index in [1.807, 2.05) is 13.1 Å². The zero-order valence-corrected chi connectivity index (χ0v) is 9.67. The molecule has 78 valence electrons. The number of unbranched alkanes of at least 4 members (excludes halogenated alkanes) is 1. The average Bonchev–Trinajstić information content (AvgIpc) is 2.15. The molecule has 0 aromatic carbocycles.